The zero-order valence-electron chi connectivity index (χ0n) is 30.2. The summed E-state index contributed by atoms with van der Waals surface area (Å²) >= 11 is 0. The smallest absolute Gasteiger partial charge is 0.407 e. The molecular formula is C37H50N8O4S3. The molecule has 0 bridgehead atoms. The first-order valence-corrected chi connectivity index (χ1v) is 17.0. The predicted octanol–water partition coefficient (Wildman–Crippen LogP) is 5.94. The summed E-state index contributed by atoms with van der Waals surface area (Å²) in [6, 6.07) is 13.0. The fourth-order valence-corrected chi connectivity index (χ4v) is 6.62. The highest BCUT2D eigenvalue weighted by Crippen LogP contribution is 2.34. The average molecular weight is 767 g/mol. The van der Waals surface area contributed by atoms with Crippen LogP contribution < -0.4 is 5.32 Å². The topological polar surface area (TPSA) is 140 Å². The molecule has 3 atom stereocenters. The summed E-state index contributed by atoms with van der Waals surface area (Å²) in [5.41, 5.74) is 5.28. The van der Waals surface area contributed by atoms with Gasteiger partial charge in [0.1, 0.15) is 17.7 Å². The molecule has 0 radical (unpaired) electrons. The predicted molar refractivity (Wildman–Crippen MR) is 217 cm³/mol. The molecule has 15 heteroatoms. The quantitative estimate of drug-likeness (QED) is 0.199. The number of methoxy groups -OCH3 is 1. The van der Waals surface area contributed by atoms with Gasteiger partial charge in [0, 0.05) is 37.8 Å². The van der Waals surface area contributed by atoms with Crippen LogP contribution >= 0.6 is 40.5 Å². The Bertz CT molecular complexity index is 1900. The zero-order chi connectivity index (χ0) is 34.7. The highest BCUT2D eigenvalue weighted by Gasteiger charge is 2.38. The summed E-state index contributed by atoms with van der Waals surface area (Å²) in [6.07, 6.45) is 4.70. The first kappa shape index (κ1) is 42.2. The van der Waals surface area contributed by atoms with E-state index in [-0.39, 0.29) is 70.4 Å². The number of rotatable bonds is 7. The Kier molecular flexibility index (Phi) is 15.0. The van der Waals surface area contributed by atoms with Crippen molar-refractivity contribution in [3.63, 3.8) is 0 Å². The highest BCUT2D eigenvalue weighted by molar-refractivity contribution is 7.59. The lowest BCUT2D eigenvalue weighted by molar-refractivity contribution is -0.135. The number of carbonyl (C=O) groups excluding carboxylic acids is 3. The summed E-state index contributed by atoms with van der Waals surface area (Å²) in [6.45, 7) is 7.78. The van der Waals surface area contributed by atoms with Crippen LogP contribution in [0.2, 0.25) is 0 Å². The highest BCUT2D eigenvalue weighted by atomic mass is 32.1. The number of aromatic amines is 2. The first-order chi connectivity index (χ1) is 23.7. The third-order valence-corrected chi connectivity index (χ3v) is 9.50. The van der Waals surface area contributed by atoms with Gasteiger partial charge in [-0.25, -0.2) is 19.6 Å². The maximum absolute atomic E-state index is 13.5. The van der Waals surface area contributed by atoms with Crippen LogP contribution in [-0.2, 0) is 9.53 Å². The molecule has 2 aliphatic heterocycles. The van der Waals surface area contributed by atoms with Gasteiger partial charge in [-0.3, -0.25) is 4.79 Å². The lowest BCUT2D eigenvalue weighted by Gasteiger charge is -2.29. The Morgan fingerprint density at radius 3 is 2.23 bits per heavy atom. The van der Waals surface area contributed by atoms with Gasteiger partial charge in [0.2, 0.25) is 5.91 Å². The molecule has 12 nitrogen and oxygen atoms in total. The van der Waals surface area contributed by atoms with Gasteiger partial charge >= 0.3 is 12.1 Å². The number of benzene rings is 2. The Labute approximate surface area is 326 Å². The number of nitrogens with one attached hydrogen (secondary N) is 3. The van der Waals surface area contributed by atoms with E-state index in [0.29, 0.717) is 13.1 Å². The summed E-state index contributed by atoms with van der Waals surface area (Å²) < 4.78 is 4.75. The van der Waals surface area contributed by atoms with Gasteiger partial charge in [-0.15, -0.1) is 0 Å². The second-order valence-corrected chi connectivity index (χ2v) is 13.1. The molecule has 0 spiro atoms. The number of ether oxygens (including phenoxy) is 1. The van der Waals surface area contributed by atoms with Crippen molar-refractivity contribution in [1.29, 1.82) is 0 Å². The molecule has 3 N–H and O–H groups in total. The van der Waals surface area contributed by atoms with Gasteiger partial charge in [-0.05, 0) is 74.4 Å². The van der Waals surface area contributed by atoms with Gasteiger partial charge in [-0.1, -0.05) is 37.8 Å². The molecule has 2 aromatic carbocycles. The van der Waals surface area contributed by atoms with E-state index in [1.54, 1.807) is 4.90 Å². The number of hydrogen-bond donors (Lipinski definition) is 3. The molecule has 2 aliphatic rings. The SMILES string of the molecule is CCN(C)C(=O)N1CCC[C@H]1c1ncc(-c2ccc(C#Cc3ccc4nc([C@@H]5CCCN5C(=O)[C@@H](NC(=O)OC)C(C)C)[nH]c4c3)cc2)[nH]1.S.S.S. The number of H-pyrrole nitrogens is 2. The maximum Gasteiger partial charge on any atom is 0.407 e. The normalized spacial score (nSPS) is 17.0. The minimum absolute atomic E-state index is 0. The number of likely N-dealkylation sites (tertiary alicyclic amines) is 2. The van der Waals surface area contributed by atoms with Crippen LogP contribution in [0.1, 0.15) is 81.3 Å². The summed E-state index contributed by atoms with van der Waals surface area (Å²) in [5, 5.41) is 2.69. The molecule has 4 amide bonds. The number of nitrogens with zero attached hydrogens (tertiary/aromatic N) is 5. The van der Waals surface area contributed by atoms with Crippen LogP contribution in [0.25, 0.3) is 22.3 Å². The van der Waals surface area contributed by atoms with E-state index in [9.17, 15) is 14.4 Å². The molecule has 280 valence electrons. The van der Waals surface area contributed by atoms with Gasteiger partial charge in [-0.2, -0.15) is 40.5 Å². The number of imidazole rings is 2. The van der Waals surface area contributed by atoms with E-state index < -0.39 is 12.1 Å². The molecule has 2 saturated heterocycles. The fraction of sp³-hybridized carbons (Fsp3) is 0.432. The van der Waals surface area contributed by atoms with Crippen molar-refractivity contribution >= 4 is 69.6 Å². The monoisotopic (exact) mass is 766 g/mol. The molecule has 4 heterocycles. The van der Waals surface area contributed by atoms with E-state index in [2.05, 4.69) is 32.1 Å². The Morgan fingerprint density at radius 1 is 0.942 bits per heavy atom. The Balaban J connectivity index is 0.00000243. The van der Waals surface area contributed by atoms with E-state index in [1.165, 1.54) is 7.11 Å². The average Bonchev–Trinajstić information content (AvgIpc) is 3.94. The van der Waals surface area contributed by atoms with Crippen molar-refractivity contribution in [2.75, 3.05) is 33.8 Å². The molecule has 2 aromatic heterocycles. The minimum atomic E-state index is -0.682. The van der Waals surface area contributed by atoms with E-state index >= 15 is 0 Å². The number of carbonyl (C=O) groups is 3. The lowest BCUT2D eigenvalue weighted by atomic mass is 10.0. The molecular weight excluding hydrogens is 717 g/mol. The Hall–Kier alpha value is -4.26. The van der Waals surface area contributed by atoms with Crippen molar-refractivity contribution in [2.24, 2.45) is 5.92 Å². The third kappa shape index (κ3) is 9.02. The van der Waals surface area contributed by atoms with E-state index in [4.69, 9.17) is 9.72 Å². The zero-order valence-corrected chi connectivity index (χ0v) is 33.2. The largest absolute Gasteiger partial charge is 0.453 e. The number of alkyl carbamates (subject to hydrolysis) is 1. The van der Waals surface area contributed by atoms with Crippen LogP contribution in [0.3, 0.4) is 0 Å². The third-order valence-electron chi connectivity index (χ3n) is 9.50. The van der Waals surface area contributed by atoms with Gasteiger partial charge in [0.25, 0.3) is 0 Å². The van der Waals surface area contributed by atoms with Crippen molar-refractivity contribution in [2.45, 2.75) is 64.6 Å². The number of aromatic nitrogens is 4. The fourth-order valence-electron chi connectivity index (χ4n) is 6.62. The number of amides is 4. The van der Waals surface area contributed by atoms with Crippen LogP contribution in [0.4, 0.5) is 9.59 Å². The number of fused-ring (bicyclic) bond motifs is 1. The second kappa shape index (κ2) is 18.5. The standard InChI is InChI=1S/C37H44N8O4.3H2S/c1-6-43(4)37(48)45-20-8-9-30(45)33-38-22-29(41-33)26-16-13-24(14-17-26)11-12-25-15-18-27-28(21-25)40-34(39-27)31-10-7-19-44(31)35(46)32(23(2)3)42-36(47)49-5;;;/h13-18,21-23,30-32H,6-10,19-20H2,1-5H3,(H,38,41)(H,39,40)(H,42,47);3*1H2/t30-,31-,32-;;;/m0.../s1. The summed E-state index contributed by atoms with van der Waals surface area (Å²) in [5.74, 6) is 7.83. The number of hydrogen-bond acceptors (Lipinski definition) is 6. The van der Waals surface area contributed by atoms with Crippen molar-refractivity contribution < 1.29 is 19.1 Å². The van der Waals surface area contributed by atoms with Gasteiger partial charge in [0.15, 0.2) is 0 Å². The molecule has 6 rings (SSSR count). The summed E-state index contributed by atoms with van der Waals surface area (Å²) in [7, 11) is 3.12. The van der Waals surface area contributed by atoms with Crippen molar-refractivity contribution in [3.8, 4) is 23.1 Å². The van der Waals surface area contributed by atoms with Crippen molar-refractivity contribution in [1.82, 2.24) is 40.0 Å². The van der Waals surface area contributed by atoms with E-state index in [1.807, 2.05) is 86.3 Å². The van der Waals surface area contributed by atoms with Gasteiger partial charge < -0.3 is 34.7 Å². The summed E-state index contributed by atoms with van der Waals surface area (Å²) in [4.78, 5) is 60.0. The molecule has 2 fully saturated rings. The molecule has 52 heavy (non-hydrogen) atoms. The molecule has 0 saturated carbocycles. The molecule has 0 aliphatic carbocycles. The number of urea groups is 1. The van der Waals surface area contributed by atoms with Crippen molar-refractivity contribution in [3.05, 3.63) is 71.4 Å². The first-order valence-electron chi connectivity index (χ1n) is 17.0. The maximum atomic E-state index is 13.5. The molecule has 0 unspecified atom stereocenters. The van der Waals surface area contributed by atoms with Crippen LogP contribution in [0.5, 0.6) is 0 Å². The van der Waals surface area contributed by atoms with Crippen LogP contribution in [-0.4, -0.2) is 92.5 Å². The van der Waals surface area contributed by atoms with E-state index in [0.717, 1.165) is 77.3 Å². The minimum Gasteiger partial charge on any atom is -0.453 e. The van der Waals surface area contributed by atoms with Crippen LogP contribution in [0.15, 0.2) is 48.7 Å². The van der Waals surface area contributed by atoms with Gasteiger partial charge in [0.05, 0.1) is 42.1 Å². The second-order valence-electron chi connectivity index (χ2n) is 13.1. The Morgan fingerprint density at radius 2 is 1.58 bits per heavy atom. The van der Waals surface area contributed by atoms with Crippen LogP contribution in [0, 0.1) is 17.8 Å². The lowest BCUT2D eigenvalue weighted by Crippen LogP contribution is -2.51. The molecule has 4 aromatic rings.